The number of rotatable bonds is 7. The first-order valence-electron chi connectivity index (χ1n) is 8.26. The molecule has 0 aliphatic carbocycles. The predicted octanol–water partition coefficient (Wildman–Crippen LogP) is 1.01. The van der Waals surface area contributed by atoms with Gasteiger partial charge in [-0.2, -0.15) is 5.10 Å². The maximum absolute atomic E-state index is 12.1. The first kappa shape index (κ1) is 19.5. The molecule has 1 aromatic carbocycles. The van der Waals surface area contributed by atoms with Crippen LogP contribution < -0.4 is 14.9 Å². The molecule has 2 rings (SSSR count). The molecule has 2 amide bonds. The third-order valence-electron chi connectivity index (χ3n) is 3.55. The van der Waals surface area contributed by atoms with E-state index in [-0.39, 0.29) is 19.1 Å². The van der Waals surface area contributed by atoms with Crippen LogP contribution in [0.1, 0.15) is 12.5 Å². The van der Waals surface area contributed by atoms with Crippen LogP contribution in [0.4, 0.5) is 4.79 Å². The summed E-state index contributed by atoms with van der Waals surface area (Å²) >= 11 is 0. The number of amides is 2. The van der Waals surface area contributed by atoms with Crippen molar-refractivity contribution in [3.8, 4) is 11.5 Å². The number of hydrogen-bond acceptors (Lipinski definition) is 7. The van der Waals surface area contributed by atoms with Crippen molar-refractivity contribution >= 4 is 18.2 Å². The molecule has 0 saturated carbocycles. The number of methoxy groups -OCH3 is 1. The van der Waals surface area contributed by atoms with E-state index in [0.29, 0.717) is 43.4 Å². The zero-order valence-electron chi connectivity index (χ0n) is 14.9. The summed E-state index contributed by atoms with van der Waals surface area (Å²) in [6.07, 6.45) is 0.819. The zero-order chi connectivity index (χ0) is 18.8. The molecule has 0 spiro atoms. The second-order valence-electron chi connectivity index (χ2n) is 5.28. The lowest BCUT2D eigenvalue weighted by Crippen LogP contribution is -2.43. The van der Waals surface area contributed by atoms with E-state index >= 15 is 0 Å². The Labute approximate surface area is 151 Å². The minimum absolute atomic E-state index is 0.0752. The molecule has 142 valence electrons. The van der Waals surface area contributed by atoms with Crippen LogP contribution in [-0.4, -0.2) is 69.7 Å². The first-order valence-corrected chi connectivity index (χ1v) is 8.26. The number of benzene rings is 1. The predicted molar refractivity (Wildman–Crippen MR) is 93.6 cm³/mol. The minimum Gasteiger partial charge on any atom is -0.493 e. The van der Waals surface area contributed by atoms with Crippen LogP contribution in [0.3, 0.4) is 0 Å². The van der Waals surface area contributed by atoms with Gasteiger partial charge in [0.2, 0.25) is 0 Å². The molecule has 0 aromatic heterocycles. The molecular weight excluding hydrogens is 342 g/mol. The highest BCUT2D eigenvalue weighted by molar-refractivity contribution is 5.82. The normalized spacial score (nSPS) is 14.2. The van der Waals surface area contributed by atoms with Gasteiger partial charge in [-0.15, -0.1) is 0 Å². The Morgan fingerprint density at radius 1 is 1.31 bits per heavy atom. The lowest BCUT2D eigenvalue weighted by Gasteiger charge is -2.26. The highest BCUT2D eigenvalue weighted by Crippen LogP contribution is 2.27. The molecule has 1 aliphatic heterocycles. The van der Waals surface area contributed by atoms with Gasteiger partial charge in [0.15, 0.2) is 18.1 Å². The van der Waals surface area contributed by atoms with Gasteiger partial charge in [-0.25, -0.2) is 10.2 Å². The van der Waals surface area contributed by atoms with E-state index in [1.807, 2.05) is 0 Å². The van der Waals surface area contributed by atoms with Gasteiger partial charge in [-0.05, 0) is 30.7 Å². The molecule has 1 heterocycles. The molecule has 9 nitrogen and oxygen atoms in total. The fourth-order valence-corrected chi connectivity index (χ4v) is 2.25. The summed E-state index contributed by atoms with van der Waals surface area (Å²) in [4.78, 5) is 25.0. The number of ether oxygens (including phenoxy) is 4. The second kappa shape index (κ2) is 10.2. The molecule has 0 radical (unpaired) electrons. The molecule has 1 N–H and O–H groups in total. The van der Waals surface area contributed by atoms with Gasteiger partial charge >= 0.3 is 6.09 Å². The van der Waals surface area contributed by atoms with Crippen molar-refractivity contribution < 1.29 is 28.5 Å². The van der Waals surface area contributed by atoms with E-state index in [2.05, 4.69) is 10.5 Å². The molecule has 1 aliphatic rings. The summed E-state index contributed by atoms with van der Waals surface area (Å²) in [6.45, 7) is 4.13. The SMILES string of the molecule is CCOC(=O)N/N=C\c1ccc(OCC(=O)N2CCOCC2)c(OC)c1. The first-order chi connectivity index (χ1) is 12.6. The number of nitrogens with zero attached hydrogens (tertiary/aromatic N) is 2. The Morgan fingerprint density at radius 2 is 2.08 bits per heavy atom. The number of carbonyl (C=O) groups excluding carboxylic acids is 2. The van der Waals surface area contributed by atoms with Gasteiger partial charge in [0.1, 0.15) is 0 Å². The summed E-state index contributed by atoms with van der Waals surface area (Å²) in [5, 5.41) is 3.78. The van der Waals surface area contributed by atoms with Crippen LogP contribution in [-0.2, 0) is 14.3 Å². The van der Waals surface area contributed by atoms with Crippen molar-refractivity contribution in [1.82, 2.24) is 10.3 Å². The number of nitrogens with one attached hydrogen (secondary N) is 1. The number of carbonyl (C=O) groups is 2. The summed E-state index contributed by atoms with van der Waals surface area (Å²) in [7, 11) is 1.50. The molecule has 26 heavy (non-hydrogen) atoms. The molecular formula is C17H23N3O6. The Kier molecular flexibility index (Phi) is 7.69. The second-order valence-corrected chi connectivity index (χ2v) is 5.28. The van der Waals surface area contributed by atoms with Crippen LogP contribution >= 0.6 is 0 Å². The van der Waals surface area contributed by atoms with Gasteiger partial charge in [0.05, 0.1) is 33.1 Å². The van der Waals surface area contributed by atoms with Gasteiger partial charge < -0.3 is 23.8 Å². The number of hydrazone groups is 1. The van der Waals surface area contributed by atoms with Crippen LogP contribution in [0.25, 0.3) is 0 Å². The quantitative estimate of drug-likeness (QED) is 0.572. The average molecular weight is 365 g/mol. The molecule has 0 bridgehead atoms. The van der Waals surface area contributed by atoms with E-state index in [9.17, 15) is 9.59 Å². The largest absolute Gasteiger partial charge is 0.493 e. The van der Waals surface area contributed by atoms with Gasteiger partial charge in [0, 0.05) is 13.1 Å². The van der Waals surface area contributed by atoms with Crippen LogP contribution in [0.15, 0.2) is 23.3 Å². The topological polar surface area (TPSA) is 98.7 Å². The Bertz CT molecular complexity index is 643. The molecule has 0 atom stereocenters. The standard InChI is InChI=1S/C17H23N3O6/c1-3-25-17(22)19-18-11-13-4-5-14(15(10-13)23-2)26-12-16(21)20-6-8-24-9-7-20/h4-5,10-11H,3,6-9,12H2,1-2H3,(H,19,22)/b18-11-. The monoisotopic (exact) mass is 365 g/mol. The van der Waals surface area contributed by atoms with Gasteiger partial charge in [0.25, 0.3) is 5.91 Å². The van der Waals surface area contributed by atoms with Crippen molar-refractivity contribution in [2.75, 3.05) is 46.6 Å². The lowest BCUT2D eigenvalue weighted by atomic mass is 10.2. The highest BCUT2D eigenvalue weighted by Gasteiger charge is 2.18. The summed E-state index contributed by atoms with van der Waals surface area (Å²) in [5.74, 6) is 0.809. The third-order valence-corrected chi connectivity index (χ3v) is 3.55. The summed E-state index contributed by atoms with van der Waals surface area (Å²) < 4.78 is 20.8. The maximum atomic E-state index is 12.1. The fourth-order valence-electron chi connectivity index (χ4n) is 2.25. The van der Waals surface area contributed by atoms with E-state index in [1.54, 1.807) is 30.0 Å². The molecule has 1 aromatic rings. The van der Waals surface area contributed by atoms with Crippen molar-refractivity contribution in [2.45, 2.75) is 6.92 Å². The van der Waals surface area contributed by atoms with Crippen LogP contribution in [0.5, 0.6) is 11.5 Å². The van der Waals surface area contributed by atoms with E-state index in [0.717, 1.165) is 0 Å². The van der Waals surface area contributed by atoms with Crippen molar-refractivity contribution in [1.29, 1.82) is 0 Å². The lowest BCUT2D eigenvalue weighted by molar-refractivity contribution is -0.137. The van der Waals surface area contributed by atoms with E-state index < -0.39 is 6.09 Å². The van der Waals surface area contributed by atoms with Gasteiger partial charge in [-0.3, -0.25) is 4.79 Å². The highest BCUT2D eigenvalue weighted by atomic mass is 16.6. The fraction of sp³-hybridized carbons (Fsp3) is 0.471. The van der Waals surface area contributed by atoms with E-state index in [4.69, 9.17) is 18.9 Å². The van der Waals surface area contributed by atoms with Crippen molar-refractivity contribution in [3.63, 3.8) is 0 Å². The van der Waals surface area contributed by atoms with Crippen LogP contribution in [0.2, 0.25) is 0 Å². The molecule has 1 fully saturated rings. The van der Waals surface area contributed by atoms with Gasteiger partial charge in [-0.1, -0.05) is 0 Å². The van der Waals surface area contributed by atoms with Crippen LogP contribution in [0, 0.1) is 0 Å². The Morgan fingerprint density at radius 3 is 2.77 bits per heavy atom. The number of morpholine rings is 1. The third kappa shape index (κ3) is 5.92. The van der Waals surface area contributed by atoms with Crippen molar-refractivity contribution in [3.05, 3.63) is 23.8 Å². The minimum atomic E-state index is -0.628. The average Bonchev–Trinajstić information content (AvgIpc) is 2.67. The zero-order valence-corrected chi connectivity index (χ0v) is 14.9. The Balaban J connectivity index is 1.91. The summed E-state index contributed by atoms with van der Waals surface area (Å²) in [5.41, 5.74) is 2.92. The molecule has 9 heteroatoms. The summed E-state index contributed by atoms with van der Waals surface area (Å²) in [6, 6.07) is 5.09. The van der Waals surface area contributed by atoms with Crippen molar-refractivity contribution in [2.24, 2.45) is 5.10 Å². The Hall–Kier alpha value is -2.81. The smallest absolute Gasteiger partial charge is 0.427 e. The number of hydrogen-bond donors (Lipinski definition) is 1. The maximum Gasteiger partial charge on any atom is 0.427 e. The molecule has 1 saturated heterocycles. The van der Waals surface area contributed by atoms with E-state index in [1.165, 1.54) is 13.3 Å². The molecule has 0 unspecified atom stereocenters.